The minimum Gasteiger partial charge on any atom is -0.379 e. The predicted molar refractivity (Wildman–Crippen MR) is 54.7 cm³/mol. The van der Waals surface area contributed by atoms with Crippen LogP contribution in [0.4, 0.5) is 8.78 Å². The van der Waals surface area contributed by atoms with Crippen molar-refractivity contribution in [3.8, 4) is 0 Å². The van der Waals surface area contributed by atoms with Gasteiger partial charge in [-0.05, 0) is 0 Å². The maximum atomic E-state index is 13.3. The molecule has 0 saturated heterocycles. The number of benzene rings is 1. The van der Waals surface area contributed by atoms with Crippen LogP contribution in [0.25, 0.3) is 0 Å². The first-order chi connectivity index (χ1) is 6.52. The molecule has 0 aliphatic carbocycles. The molecule has 1 aromatic carbocycles. The van der Waals surface area contributed by atoms with Crippen LogP contribution < -0.4 is 5.73 Å². The number of nitrogens with two attached hydrogens (primary N) is 1. The molecule has 0 radical (unpaired) electrons. The van der Waals surface area contributed by atoms with Gasteiger partial charge < -0.3 is 5.73 Å². The van der Waals surface area contributed by atoms with Crippen molar-refractivity contribution in [1.29, 1.82) is 5.41 Å². The van der Waals surface area contributed by atoms with E-state index in [0.717, 1.165) is 0 Å². The van der Waals surface area contributed by atoms with Crippen molar-refractivity contribution in [1.82, 2.24) is 0 Å². The summed E-state index contributed by atoms with van der Waals surface area (Å²) in [5.41, 5.74) is 4.94. The van der Waals surface area contributed by atoms with E-state index in [-0.39, 0.29) is 10.7 Å². The summed E-state index contributed by atoms with van der Waals surface area (Å²) in [6, 6.07) is 7.52. The Kier molecular flexibility index (Phi) is 3.46. The molecule has 1 rings (SSSR count). The van der Waals surface area contributed by atoms with Gasteiger partial charge in [-0.3, -0.25) is 5.41 Å². The first-order valence-electron chi connectivity index (χ1n) is 3.92. The van der Waals surface area contributed by atoms with E-state index in [9.17, 15) is 8.78 Å². The van der Waals surface area contributed by atoms with Crippen molar-refractivity contribution in [2.45, 2.75) is 5.92 Å². The van der Waals surface area contributed by atoms with Gasteiger partial charge in [-0.2, -0.15) is 0 Å². The molecule has 5 heteroatoms. The van der Waals surface area contributed by atoms with Gasteiger partial charge in [0.15, 0.2) is 5.17 Å². The average molecular weight is 216 g/mol. The van der Waals surface area contributed by atoms with Gasteiger partial charge in [0.2, 0.25) is 0 Å². The predicted octanol–water partition coefficient (Wildman–Crippen LogP) is 2.41. The number of thioether (sulfide) groups is 1. The molecule has 1 aromatic rings. The second-order valence-electron chi connectivity index (χ2n) is 2.72. The molecule has 0 aromatic heterocycles. The zero-order valence-corrected chi connectivity index (χ0v) is 8.15. The molecule has 0 saturated carbocycles. The van der Waals surface area contributed by atoms with E-state index in [1.807, 2.05) is 0 Å². The summed E-state index contributed by atoms with van der Waals surface area (Å²) < 4.78 is 26.7. The average Bonchev–Trinajstić information content (AvgIpc) is 2.16. The fourth-order valence-electron chi connectivity index (χ4n) is 0.934. The molecule has 0 amide bonds. The maximum Gasteiger partial charge on any atom is 0.282 e. The van der Waals surface area contributed by atoms with Crippen molar-refractivity contribution in [3.05, 3.63) is 35.9 Å². The van der Waals surface area contributed by atoms with Crippen LogP contribution >= 0.6 is 11.8 Å². The molecule has 2 nitrogen and oxygen atoms in total. The maximum absolute atomic E-state index is 13.3. The molecule has 0 bridgehead atoms. The summed E-state index contributed by atoms with van der Waals surface area (Å²) in [5, 5.41) is 6.55. The van der Waals surface area contributed by atoms with E-state index in [2.05, 4.69) is 0 Å². The fourth-order valence-corrected chi connectivity index (χ4v) is 1.44. The molecule has 3 N–H and O–H groups in total. The number of nitrogens with one attached hydrogen (secondary N) is 1. The Labute approximate surface area is 85.0 Å². The minimum absolute atomic E-state index is 0.0475. The smallest absolute Gasteiger partial charge is 0.282 e. The standard InChI is InChI=1S/C9H10F2N2S/c10-9(11,6-14-8(12)13)7-4-2-1-3-5-7/h1-5H,6H2,(H3,12,13). The second kappa shape index (κ2) is 4.41. The quantitative estimate of drug-likeness (QED) is 0.602. The van der Waals surface area contributed by atoms with E-state index in [4.69, 9.17) is 11.1 Å². The van der Waals surface area contributed by atoms with Crippen LogP contribution in [0.1, 0.15) is 5.56 Å². The summed E-state index contributed by atoms with van der Waals surface area (Å²) in [6.45, 7) is 0. The number of amidine groups is 1. The fraction of sp³-hybridized carbons (Fsp3) is 0.222. The van der Waals surface area contributed by atoms with Crippen molar-refractivity contribution < 1.29 is 8.78 Å². The van der Waals surface area contributed by atoms with Crippen molar-refractivity contribution in [2.75, 3.05) is 5.75 Å². The number of halogens is 2. The lowest BCUT2D eigenvalue weighted by Crippen LogP contribution is -2.19. The van der Waals surface area contributed by atoms with E-state index in [1.54, 1.807) is 18.2 Å². The van der Waals surface area contributed by atoms with Crippen LogP contribution in [0.3, 0.4) is 0 Å². The van der Waals surface area contributed by atoms with Crippen molar-refractivity contribution in [3.63, 3.8) is 0 Å². The highest BCUT2D eigenvalue weighted by Crippen LogP contribution is 2.31. The lowest BCUT2D eigenvalue weighted by atomic mass is 10.1. The molecule has 14 heavy (non-hydrogen) atoms. The van der Waals surface area contributed by atoms with Gasteiger partial charge in [0.05, 0.1) is 5.75 Å². The molecule has 0 atom stereocenters. The van der Waals surface area contributed by atoms with Gasteiger partial charge >= 0.3 is 0 Å². The molecule has 0 fully saturated rings. The Morgan fingerprint density at radius 1 is 1.36 bits per heavy atom. The summed E-state index contributed by atoms with van der Waals surface area (Å²) in [5.74, 6) is -3.43. The van der Waals surface area contributed by atoms with Gasteiger partial charge in [-0.25, -0.2) is 8.78 Å². The van der Waals surface area contributed by atoms with Gasteiger partial charge in [0, 0.05) is 5.56 Å². The van der Waals surface area contributed by atoms with Crippen LogP contribution in [-0.4, -0.2) is 10.9 Å². The molecule has 0 unspecified atom stereocenters. The van der Waals surface area contributed by atoms with Gasteiger partial charge in [-0.1, -0.05) is 42.1 Å². The second-order valence-corrected chi connectivity index (χ2v) is 3.74. The Balaban J connectivity index is 2.70. The highest BCUT2D eigenvalue weighted by molar-refractivity contribution is 8.13. The third kappa shape index (κ3) is 2.99. The number of alkyl halides is 2. The monoisotopic (exact) mass is 216 g/mol. The first kappa shape index (κ1) is 11.0. The topological polar surface area (TPSA) is 49.9 Å². The number of hydrogen-bond donors (Lipinski definition) is 2. The van der Waals surface area contributed by atoms with Crippen molar-refractivity contribution in [2.24, 2.45) is 5.73 Å². The highest BCUT2D eigenvalue weighted by atomic mass is 32.2. The van der Waals surface area contributed by atoms with Crippen LogP contribution in [0.15, 0.2) is 30.3 Å². The Bertz CT molecular complexity index is 314. The molecule has 0 aliphatic rings. The molecule has 76 valence electrons. The highest BCUT2D eigenvalue weighted by Gasteiger charge is 2.31. The SMILES string of the molecule is N=C(N)SCC(F)(F)c1ccccc1. The summed E-state index contributed by atoms with van der Waals surface area (Å²) >= 11 is 0.644. The molecule has 0 aliphatic heterocycles. The van der Waals surface area contributed by atoms with Crippen LogP contribution in [0.2, 0.25) is 0 Å². The Morgan fingerprint density at radius 2 is 1.93 bits per heavy atom. The largest absolute Gasteiger partial charge is 0.379 e. The first-order valence-corrected chi connectivity index (χ1v) is 4.91. The molecule has 0 heterocycles. The number of rotatable bonds is 3. The molecular weight excluding hydrogens is 206 g/mol. The zero-order chi connectivity index (χ0) is 10.6. The lowest BCUT2D eigenvalue weighted by Gasteiger charge is -2.15. The van der Waals surface area contributed by atoms with E-state index < -0.39 is 11.7 Å². The number of hydrogen-bond acceptors (Lipinski definition) is 2. The van der Waals surface area contributed by atoms with Crippen LogP contribution in [0, 0.1) is 5.41 Å². The van der Waals surface area contributed by atoms with E-state index in [1.165, 1.54) is 12.1 Å². The molecule has 0 spiro atoms. The van der Waals surface area contributed by atoms with Crippen LogP contribution in [0.5, 0.6) is 0 Å². The Hall–Kier alpha value is -1.10. The van der Waals surface area contributed by atoms with Gasteiger partial charge in [-0.15, -0.1) is 0 Å². The van der Waals surface area contributed by atoms with Gasteiger partial charge in [0.25, 0.3) is 5.92 Å². The third-order valence-electron chi connectivity index (χ3n) is 1.61. The summed E-state index contributed by atoms with van der Waals surface area (Å²) in [4.78, 5) is 0. The zero-order valence-electron chi connectivity index (χ0n) is 7.34. The van der Waals surface area contributed by atoms with E-state index in [0.29, 0.717) is 11.8 Å². The lowest BCUT2D eigenvalue weighted by molar-refractivity contribution is 0.0234. The van der Waals surface area contributed by atoms with Crippen molar-refractivity contribution >= 4 is 16.9 Å². The van der Waals surface area contributed by atoms with Crippen LogP contribution in [-0.2, 0) is 5.92 Å². The Morgan fingerprint density at radius 3 is 2.43 bits per heavy atom. The normalized spacial score (nSPS) is 11.3. The summed E-state index contributed by atoms with van der Waals surface area (Å²) in [7, 11) is 0. The minimum atomic E-state index is -2.93. The summed E-state index contributed by atoms with van der Waals surface area (Å²) in [6.07, 6.45) is 0. The van der Waals surface area contributed by atoms with Gasteiger partial charge in [0.1, 0.15) is 0 Å². The molecular formula is C9H10F2N2S. The van der Waals surface area contributed by atoms with E-state index >= 15 is 0 Å². The third-order valence-corrected chi connectivity index (χ3v) is 2.42.